The minimum Gasteiger partial charge on any atom is -0.491 e. The average molecular weight is 482 g/mol. The van der Waals surface area contributed by atoms with E-state index in [1.165, 1.54) is 6.33 Å². The molecule has 188 valence electrons. The number of likely N-dealkylation sites (N-methyl/N-ethyl adjacent to an activating group) is 1. The lowest BCUT2D eigenvalue weighted by molar-refractivity contribution is -0.117. The number of carbonyl (C=O) groups excluding carboxylic acids is 2. The summed E-state index contributed by atoms with van der Waals surface area (Å²) in [6.07, 6.45) is 6.90. The molecule has 1 aromatic carbocycles. The number of rotatable bonds is 5. The lowest BCUT2D eigenvalue weighted by atomic mass is 10.0. The Morgan fingerprint density at radius 2 is 1.94 bits per heavy atom. The first-order valence-corrected chi connectivity index (χ1v) is 12.2. The van der Waals surface area contributed by atoms with Crippen LogP contribution in [-0.2, 0) is 16.1 Å². The first kappa shape index (κ1) is 25.1. The number of hydrogen-bond acceptors (Lipinski definition) is 7. The standard InChI is InChI=1S/C26H35N5O4/c1-17-12-31(13-19-10-27-16-28-11-19)18(2)15-35-23-9-21(29-25(32)20-5-6-20)7-8-22(23)26(33)30(3)14-24(17)34-4/h7-11,16-18,20,24H,5-6,12-15H2,1-4H3,(H,29,32)/t17-,18-,24-/m0/s1. The molecule has 4 rings (SSSR count). The summed E-state index contributed by atoms with van der Waals surface area (Å²) in [7, 11) is 3.47. The third kappa shape index (κ3) is 6.35. The number of amides is 2. The van der Waals surface area contributed by atoms with Gasteiger partial charge in [0.05, 0.1) is 11.7 Å². The second-order valence-corrected chi connectivity index (χ2v) is 9.75. The van der Waals surface area contributed by atoms with Gasteiger partial charge in [-0.05, 0) is 37.8 Å². The van der Waals surface area contributed by atoms with E-state index in [2.05, 4.69) is 34.0 Å². The highest BCUT2D eigenvalue weighted by molar-refractivity contribution is 5.99. The molecule has 2 aromatic rings. The van der Waals surface area contributed by atoms with Gasteiger partial charge >= 0.3 is 0 Å². The monoisotopic (exact) mass is 481 g/mol. The smallest absolute Gasteiger partial charge is 0.257 e. The summed E-state index contributed by atoms with van der Waals surface area (Å²) in [5.41, 5.74) is 2.12. The molecular weight excluding hydrogens is 446 g/mol. The summed E-state index contributed by atoms with van der Waals surface area (Å²) < 4.78 is 12.1. The Labute approximate surface area is 206 Å². The van der Waals surface area contributed by atoms with Gasteiger partial charge in [0.15, 0.2) is 0 Å². The predicted molar refractivity (Wildman–Crippen MR) is 132 cm³/mol. The third-order valence-electron chi connectivity index (χ3n) is 6.79. The molecule has 2 aliphatic rings. The van der Waals surface area contributed by atoms with Gasteiger partial charge in [0.2, 0.25) is 5.91 Å². The van der Waals surface area contributed by atoms with Crippen LogP contribution in [0, 0.1) is 11.8 Å². The van der Waals surface area contributed by atoms with Crippen molar-refractivity contribution in [2.45, 2.75) is 45.4 Å². The Morgan fingerprint density at radius 3 is 2.63 bits per heavy atom. The SMILES string of the molecule is CO[C@H]1CN(C)C(=O)c2ccc(NC(=O)C3CC3)cc2OC[C@H](C)N(Cc2cncnc2)C[C@@H]1C. The maximum absolute atomic E-state index is 13.3. The van der Waals surface area contributed by atoms with Crippen molar-refractivity contribution in [2.75, 3.05) is 39.2 Å². The second-order valence-electron chi connectivity index (χ2n) is 9.75. The van der Waals surface area contributed by atoms with E-state index in [-0.39, 0.29) is 35.8 Å². The van der Waals surface area contributed by atoms with Crippen LogP contribution < -0.4 is 10.1 Å². The van der Waals surface area contributed by atoms with Gasteiger partial charge in [-0.3, -0.25) is 14.5 Å². The summed E-state index contributed by atoms with van der Waals surface area (Å²) in [6, 6.07) is 5.30. The van der Waals surface area contributed by atoms with Crippen molar-refractivity contribution in [3.63, 3.8) is 0 Å². The fraction of sp³-hybridized carbons (Fsp3) is 0.538. The fourth-order valence-electron chi connectivity index (χ4n) is 4.38. The highest BCUT2D eigenvalue weighted by Gasteiger charge is 2.31. The molecular formula is C26H35N5O4. The van der Waals surface area contributed by atoms with Crippen LogP contribution in [-0.4, -0.2) is 77.6 Å². The zero-order valence-corrected chi connectivity index (χ0v) is 20.9. The molecule has 0 spiro atoms. The molecule has 0 radical (unpaired) electrons. The van der Waals surface area contributed by atoms with Gasteiger partial charge in [0.1, 0.15) is 18.7 Å². The number of benzene rings is 1. The maximum atomic E-state index is 13.3. The largest absolute Gasteiger partial charge is 0.491 e. The molecule has 2 heterocycles. The quantitative estimate of drug-likeness (QED) is 0.701. The Balaban J connectivity index is 1.62. The summed E-state index contributed by atoms with van der Waals surface area (Å²) in [5.74, 6) is 0.603. The van der Waals surface area contributed by atoms with Crippen LogP contribution in [0.1, 0.15) is 42.6 Å². The second kappa shape index (κ2) is 11.1. The van der Waals surface area contributed by atoms with Gasteiger partial charge in [-0.2, -0.15) is 0 Å². The molecule has 1 aromatic heterocycles. The van der Waals surface area contributed by atoms with Crippen molar-refractivity contribution >= 4 is 17.5 Å². The molecule has 1 N–H and O–H groups in total. The highest BCUT2D eigenvalue weighted by Crippen LogP contribution is 2.32. The van der Waals surface area contributed by atoms with E-state index >= 15 is 0 Å². The zero-order chi connectivity index (χ0) is 24.9. The first-order valence-electron chi connectivity index (χ1n) is 12.2. The zero-order valence-electron chi connectivity index (χ0n) is 20.9. The average Bonchev–Trinajstić information content (AvgIpc) is 3.71. The molecule has 1 aliphatic heterocycles. The molecule has 3 atom stereocenters. The van der Waals surface area contributed by atoms with Crippen molar-refractivity contribution < 1.29 is 19.1 Å². The van der Waals surface area contributed by atoms with Gasteiger partial charge in [-0.1, -0.05) is 6.92 Å². The van der Waals surface area contributed by atoms with E-state index in [1.54, 1.807) is 37.3 Å². The number of fused-ring (bicyclic) bond motifs is 1. The molecule has 35 heavy (non-hydrogen) atoms. The normalized spacial score (nSPS) is 24.1. The highest BCUT2D eigenvalue weighted by atomic mass is 16.5. The number of methoxy groups -OCH3 is 1. The minimum absolute atomic E-state index is 0.0168. The lowest BCUT2D eigenvalue weighted by Crippen LogP contribution is -2.46. The van der Waals surface area contributed by atoms with E-state index < -0.39 is 0 Å². The molecule has 1 fully saturated rings. The van der Waals surface area contributed by atoms with Crippen molar-refractivity contribution in [3.8, 4) is 5.75 Å². The summed E-state index contributed by atoms with van der Waals surface area (Å²) in [4.78, 5) is 37.9. The maximum Gasteiger partial charge on any atom is 0.257 e. The van der Waals surface area contributed by atoms with Crippen molar-refractivity contribution in [1.82, 2.24) is 19.8 Å². The summed E-state index contributed by atoms with van der Waals surface area (Å²) >= 11 is 0. The molecule has 9 heteroatoms. The van der Waals surface area contributed by atoms with Gasteiger partial charge in [-0.25, -0.2) is 9.97 Å². The molecule has 0 bridgehead atoms. The molecule has 2 amide bonds. The topological polar surface area (TPSA) is 96.9 Å². The Kier molecular flexibility index (Phi) is 7.97. The van der Waals surface area contributed by atoms with Crippen molar-refractivity contribution in [1.29, 1.82) is 0 Å². The summed E-state index contributed by atoms with van der Waals surface area (Å²) in [5, 5.41) is 2.95. The fourth-order valence-corrected chi connectivity index (χ4v) is 4.38. The van der Waals surface area contributed by atoms with Crippen LogP contribution in [0.5, 0.6) is 5.75 Å². The molecule has 1 saturated carbocycles. The van der Waals surface area contributed by atoms with E-state index in [9.17, 15) is 9.59 Å². The Bertz CT molecular complexity index is 1030. The van der Waals surface area contributed by atoms with E-state index in [4.69, 9.17) is 9.47 Å². The van der Waals surface area contributed by atoms with Crippen molar-refractivity contribution in [2.24, 2.45) is 11.8 Å². The predicted octanol–water partition coefficient (Wildman–Crippen LogP) is 2.83. The number of nitrogens with one attached hydrogen (secondary N) is 1. The number of ether oxygens (including phenoxy) is 2. The van der Waals surface area contributed by atoms with Crippen LogP contribution in [0.4, 0.5) is 5.69 Å². The first-order chi connectivity index (χ1) is 16.9. The van der Waals surface area contributed by atoms with Crippen LogP contribution >= 0.6 is 0 Å². The number of anilines is 1. The van der Waals surface area contributed by atoms with E-state index in [1.807, 2.05) is 12.4 Å². The van der Waals surface area contributed by atoms with E-state index in [0.717, 1.165) is 24.9 Å². The molecule has 9 nitrogen and oxygen atoms in total. The Morgan fingerprint density at radius 1 is 1.20 bits per heavy atom. The lowest BCUT2D eigenvalue weighted by Gasteiger charge is -2.36. The number of carbonyl (C=O) groups is 2. The van der Waals surface area contributed by atoms with Crippen LogP contribution in [0.25, 0.3) is 0 Å². The number of nitrogens with zero attached hydrogens (tertiary/aromatic N) is 4. The molecule has 0 saturated heterocycles. The van der Waals surface area contributed by atoms with E-state index in [0.29, 0.717) is 36.7 Å². The van der Waals surface area contributed by atoms with Gasteiger partial charge in [0.25, 0.3) is 5.91 Å². The minimum atomic E-state index is -0.138. The van der Waals surface area contributed by atoms with Crippen LogP contribution in [0.2, 0.25) is 0 Å². The number of aromatic nitrogens is 2. The Hall–Kier alpha value is -3.04. The van der Waals surface area contributed by atoms with Gasteiger partial charge in [0, 0.05) is 75.5 Å². The summed E-state index contributed by atoms with van der Waals surface area (Å²) in [6.45, 7) is 6.50. The van der Waals surface area contributed by atoms with Crippen LogP contribution in [0.3, 0.4) is 0 Å². The van der Waals surface area contributed by atoms with Crippen molar-refractivity contribution in [3.05, 3.63) is 48.0 Å². The van der Waals surface area contributed by atoms with Gasteiger partial charge < -0.3 is 19.7 Å². The van der Waals surface area contributed by atoms with Gasteiger partial charge in [-0.15, -0.1) is 0 Å². The molecule has 0 unspecified atom stereocenters. The number of hydrogen-bond donors (Lipinski definition) is 1. The third-order valence-corrected chi connectivity index (χ3v) is 6.79. The van der Waals surface area contributed by atoms with Crippen LogP contribution in [0.15, 0.2) is 36.9 Å². The molecule has 1 aliphatic carbocycles.